The van der Waals surface area contributed by atoms with Gasteiger partial charge in [-0.2, -0.15) is 0 Å². The molecular weight excluding hydrogens is 481 g/mol. The molecule has 0 unspecified atom stereocenters. The van der Waals surface area contributed by atoms with E-state index in [1.807, 2.05) is 65.3 Å². The molecule has 0 spiro atoms. The molecule has 5 rings (SSSR count). The predicted octanol–water partition coefficient (Wildman–Crippen LogP) is 6.84. The number of halogens is 1. The third-order valence-corrected chi connectivity index (χ3v) is 6.22. The van der Waals surface area contributed by atoms with Gasteiger partial charge < -0.3 is 19.8 Å². The summed E-state index contributed by atoms with van der Waals surface area (Å²) in [6.45, 7) is 6.41. The fourth-order valence-electron chi connectivity index (χ4n) is 4.12. The van der Waals surface area contributed by atoms with Crippen LogP contribution in [0, 0.1) is 5.82 Å². The van der Waals surface area contributed by atoms with Crippen LogP contribution >= 0.6 is 0 Å². The van der Waals surface area contributed by atoms with Crippen molar-refractivity contribution >= 4 is 28.7 Å². The summed E-state index contributed by atoms with van der Waals surface area (Å²) in [5.41, 5.74) is 4.96. The average molecular weight is 510 g/mol. The van der Waals surface area contributed by atoms with Crippen molar-refractivity contribution in [3.05, 3.63) is 102 Å². The molecule has 38 heavy (non-hydrogen) atoms. The highest BCUT2D eigenvalue weighted by molar-refractivity contribution is 6.04. The molecule has 5 aromatic rings. The lowest BCUT2D eigenvalue weighted by Crippen LogP contribution is -2.14. The molecule has 0 saturated carbocycles. The SMILES string of the molecule is COc1ccc(Nc2nc(-c3cccc(NC(=O)c4ccc(C(C)(C)C)cc4)c3)cn3ccnc23)cc1F. The number of benzene rings is 3. The summed E-state index contributed by atoms with van der Waals surface area (Å²) in [5.74, 6) is -0.0494. The Bertz CT molecular complexity index is 1620. The highest BCUT2D eigenvalue weighted by atomic mass is 19.1. The van der Waals surface area contributed by atoms with Gasteiger partial charge in [-0.1, -0.05) is 45.0 Å². The second-order valence-corrected chi connectivity index (χ2v) is 9.97. The highest BCUT2D eigenvalue weighted by Crippen LogP contribution is 2.28. The number of nitrogens with one attached hydrogen (secondary N) is 2. The van der Waals surface area contributed by atoms with Gasteiger partial charge in [0.05, 0.1) is 12.8 Å². The first kappa shape index (κ1) is 25.0. The van der Waals surface area contributed by atoms with Gasteiger partial charge in [0.25, 0.3) is 5.91 Å². The Balaban J connectivity index is 1.41. The largest absolute Gasteiger partial charge is 0.494 e. The van der Waals surface area contributed by atoms with Crippen molar-refractivity contribution in [2.24, 2.45) is 0 Å². The molecule has 8 heteroatoms. The van der Waals surface area contributed by atoms with E-state index in [-0.39, 0.29) is 17.1 Å². The summed E-state index contributed by atoms with van der Waals surface area (Å²) in [5, 5.41) is 6.13. The Morgan fingerprint density at radius 2 is 1.79 bits per heavy atom. The molecular formula is C30H28FN5O2. The number of anilines is 3. The maximum Gasteiger partial charge on any atom is 0.255 e. The summed E-state index contributed by atoms with van der Waals surface area (Å²) >= 11 is 0. The van der Waals surface area contributed by atoms with Crippen LogP contribution < -0.4 is 15.4 Å². The number of ether oxygens (including phenoxy) is 1. The molecule has 1 amide bonds. The van der Waals surface area contributed by atoms with Crippen LogP contribution in [0.4, 0.5) is 21.6 Å². The number of hydrogen-bond acceptors (Lipinski definition) is 5. The van der Waals surface area contributed by atoms with Crippen molar-refractivity contribution in [2.45, 2.75) is 26.2 Å². The van der Waals surface area contributed by atoms with Gasteiger partial charge in [0.15, 0.2) is 23.0 Å². The molecule has 0 aliphatic carbocycles. The lowest BCUT2D eigenvalue weighted by molar-refractivity contribution is 0.102. The zero-order chi connectivity index (χ0) is 26.9. The molecule has 2 aromatic heterocycles. The molecule has 0 atom stereocenters. The molecule has 2 N–H and O–H groups in total. The number of amides is 1. The first-order valence-corrected chi connectivity index (χ1v) is 12.2. The third kappa shape index (κ3) is 5.20. The Labute approximate surface area is 220 Å². The van der Waals surface area contributed by atoms with E-state index in [4.69, 9.17) is 9.72 Å². The van der Waals surface area contributed by atoms with E-state index in [0.717, 1.165) is 5.56 Å². The molecule has 0 saturated heterocycles. The minimum absolute atomic E-state index is 0.0158. The molecule has 0 radical (unpaired) electrons. The van der Waals surface area contributed by atoms with Crippen molar-refractivity contribution in [2.75, 3.05) is 17.7 Å². The van der Waals surface area contributed by atoms with E-state index in [0.29, 0.717) is 34.1 Å². The summed E-state index contributed by atoms with van der Waals surface area (Å²) < 4.78 is 21.1. The van der Waals surface area contributed by atoms with Gasteiger partial charge in [0.2, 0.25) is 0 Å². The van der Waals surface area contributed by atoms with Crippen molar-refractivity contribution in [1.82, 2.24) is 14.4 Å². The zero-order valence-corrected chi connectivity index (χ0v) is 21.6. The fourth-order valence-corrected chi connectivity index (χ4v) is 4.12. The topological polar surface area (TPSA) is 80.5 Å². The minimum Gasteiger partial charge on any atom is -0.494 e. The lowest BCUT2D eigenvalue weighted by Gasteiger charge is -2.19. The fraction of sp³-hybridized carbons (Fsp3) is 0.167. The van der Waals surface area contributed by atoms with Gasteiger partial charge in [-0.15, -0.1) is 0 Å². The van der Waals surface area contributed by atoms with Crippen LogP contribution in [0.15, 0.2) is 85.3 Å². The average Bonchev–Trinajstić information content (AvgIpc) is 3.38. The number of carbonyl (C=O) groups is 1. The van der Waals surface area contributed by atoms with Crippen LogP contribution in [0.1, 0.15) is 36.7 Å². The molecule has 192 valence electrons. The van der Waals surface area contributed by atoms with E-state index >= 15 is 0 Å². The van der Waals surface area contributed by atoms with Gasteiger partial charge in [-0.25, -0.2) is 14.4 Å². The van der Waals surface area contributed by atoms with E-state index < -0.39 is 5.82 Å². The Morgan fingerprint density at radius 1 is 1.00 bits per heavy atom. The normalized spacial score (nSPS) is 11.4. The van der Waals surface area contributed by atoms with Crippen molar-refractivity contribution < 1.29 is 13.9 Å². The number of carbonyl (C=O) groups excluding carboxylic acids is 1. The van der Waals surface area contributed by atoms with Crippen LogP contribution in [0.5, 0.6) is 5.75 Å². The predicted molar refractivity (Wildman–Crippen MR) is 148 cm³/mol. The van der Waals surface area contributed by atoms with Crippen molar-refractivity contribution in [3.63, 3.8) is 0 Å². The Hall–Kier alpha value is -4.72. The summed E-state index contributed by atoms with van der Waals surface area (Å²) in [6.07, 6.45) is 5.34. The van der Waals surface area contributed by atoms with Gasteiger partial charge >= 0.3 is 0 Å². The monoisotopic (exact) mass is 509 g/mol. The molecule has 0 bridgehead atoms. The second kappa shape index (κ2) is 9.97. The maximum atomic E-state index is 14.3. The second-order valence-electron chi connectivity index (χ2n) is 9.97. The number of nitrogens with zero attached hydrogens (tertiary/aromatic N) is 3. The van der Waals surface area contributed by atoms with E-state index in [1.165, 1.54) is 18.7 Å². The maximum absolute atomic E-state index is 14.3. The van der Waals surface area contributed by atoms with Gasteiger partial charge in [-0.05, 0) is 47.4 Å². The molecule has 2 heterocycles. The molecule has 0 aliphatic rings. The minimum atomic E-state index is -0.482. The first-order chi connectivity index (χ1) is 18.2. The standard InChI is InChI=1S/C30H28FN5O2/c1-30(2,3)21-10-8-19(9-11-21)29(37)34-22-7-5-6-20(16-22)25-18-36-15-14-32-28(36)27(35-25)33-23-12-13-26(38-4)24(31)17-23/h5-18H,1-4H3,(H,33,35)(H,34,37). The van der Waals surface area contributed by atoms with Crippen LogP contribution in [-0.2, 0) is 5.41 Å². The lowest BCUT2D eigenvalue weighted by atomic mass is 9.87. The number of fused-ring (bicyclic) bond motifs is 1. The van der Waals surface area contributed by atoms with Crippen molar-refractivity contribution in [1.29, 1.82) is 0 Å². The van der Waals surface area contributed by atoms with Crippen LogP contribution in [0.25, 0.3) is 16.9 Å². The molecule has 0 fully saturated rings. The number of aromatic nitrogens is 3. The van der Waals surface area contributed by atoms with Crippen LogP contribution in [-0.4, -0.2) is 27.4 Å². The highest BCUT2D eigenvalue weighted by Gasteiger charge is 2.15. The zero-order valence-electron chi connectivity index (χ0n) is 21.6. The Kier molecular flexibility index (Phi) is 6.55. The van der Waals surface area contributed by atoms with Gasteiger partial charge in [0.1, 0.15) is 0 Å². The first-order valence-electron chi connectivity index (χ1n) is 12.2. The summed E-state index contributed by atoms with van der Waals surface area (Å²) in [6, 6.07) is 19.7. The van der Waals surface area contributed by atoms with Crippen LogP contribution in [0.2, 0.25) is 0 Å². The number of imidazole rings is 1. The smallest absolute Gasteiger partial charge is 0.255 e. The Morgan fingerprint density at radius 3 is 2.50 bits per heavy atom. The quantitative estimate of drug-likeness (QED) is 0.262. The number of hydrogen-bond donors (Lipinski definition) is 2. The summed E-state index contributed by atoms with van der Waals surface area (Å²) in [4.78, 5) is 22.0. The molecule has 3 aromatic carbocycles. The van der Waals surface area contributed by atoms with Crippen molar-refractivity contribution in [3.8, 4) is 17.0 Å². The number of rotatable bonds is 6. The number of methoxy groups -OCH3 is 1. The molecule has 0 aliphatic heterocycles. The van der Waals surface area contributed by atoms with Gasteiger partial charge in [-0.3, -0.25) is 4.79 Å². The van der Waals surface area contributed by atoms with E-state index in [2.05, 4.69) is 36.4 Å². The van der Waals surface area contributed by atoms with Gasteiger partial charge in [0, 0.05) is 47.2 Å². The third-order valence-electron chi connectivity index (χ3n) is 6.22. The molecule has 7 nitrogen and oxygen atoms in total. The van der Waals surface area contributed by atoms with E-state index in [1.54, 1.807) is 18.3 Å². The van der Waals surface area contributed by atoms with Crippen LogP contribution in [0.3, 0.4) is 0 Å². The summed E-state index contributed by atoms with van der Waals surface area (Å²) in [7, 11) is 1.42. The van der Waals surface area contributed by atoms with E-state index in [9.17, 15) is 9.18 Å².